The zero-order chi connectivity index (χ0) is 30.9. The fourth-order valence-electron chi connectivity index (χ4n) is 8.31. The first-order valence-electron chi connectivity index (χ1n) is 16.5. The molecule has 0 N–H and O–H groups in total. The Labute approximate surface area is 274 Å². The van der Waals surface area contributed by atoms with Gasteiger partial charge in [-0.2, -0.15) is 0 Å². The van der Waals surface area contributed by atoms with Crippen LogP contribution in [0.4, 0.5) is 11.4 Å². The first kappa shape index (κ1) is 26.4. The Hall–Kier alpha value is -5.80. The van der Waals surface area contributed by atoms with Crippen molar-refractivity contribution in [2.45, 2.75) is 12.2 Å². The van der Waals surface area contributed by atoms with E-state index in [1.807, 2.05) is 6.07 Å². The lowest BCUT2D eigenvalue weighted by Gasteiger charge is -2.40. The number of furan rings is 1. The molecule has 0 saturated carbocycles. The second kappa shape index (κ2) is 10.4. The number of benzene rings is 7. The summed E-state index contributed by atoms with van der Waals surface area (Å²) in [5.41, 5.74) is 16.1. The van der Waals surface area contributed by atoms with E-state index in [2.05, 4.69) is 163 Å². The minimum atomic E-state index is 0.167. The number of anilines is 2. The molecule has 2 aliphatic rings. The van der Waals surface area contributed by atoms with E-state index in [9.17, 15) is 0 Å². The summed E-state index contributed by atoms with van der Waals surface area (Å²) in [5.74, 6) is 0.212. The molecule has 3 heterocycles. The standard InChI is InChI=1S/C44H30BNO/c1-2-12-31(13-3-1)46-41-22-8-6-16-35(41)38-20-11-19-37-33-14-4-5-15-34(33)40(28-45(46)43(37)38)30-26-24-29(25-27-30)32-18-10-21-39-36-17-7-9-23-42(36)47-44(32)39/h1-27,40H,28H2. The zero-order valence-electron chi connectivity index (χ0n) is 25.8. The molecule has 0 bridgehead atoms. The molecule has 47 heavy (non-hydrogen) atoms. The van der Waals surface area contributed by atoms with Crippen molar-refractivity contribution >= 4 is 45.6 Å². The van der Waals surface area contributed by atoms with Gasteiger partial charge in [-0.1, -0.05) is 140 Å². The number of para-hydroxylation sites is 4. The van der Waals surface area contributed by atoms with Crippen LogP contribution in [0.15, 0.2) is 168 Å². The SMILES string of the molecule is c1ccc(N2B3CC(c4ccc(-c5cccc6c5oc5ccccc56)cc4)c4ccccc4-c4cccc(c43)-c3ccccc32)cc1. The second-order valence-electron chi connectivity index (χ2n) is 12.8. The van der Waals surface area contributed by atoms with E-state index in [-0.39, 0.29) is 12.8 Å². The molecule has 220 valence electrons. The average molecular weight is 600 g/mol. The van der Waals surface area contributed by atoms with Gasteiger partial charge in [0.05, 0.1) is 0 Å². The molecule has 2 nitrogen and oxygen atoms in total. The van der Waals surface area contributed by atoms with Crippen LogP contribution in [-0.2, 0) is 0 Å². The van der Waals surface area contributed by atoms with Crippen molar-refractivity contribution in [2.75, 3.05) is 4.81 Å². The van der Waals surface area contributed by atoms with Crippen molar-refractivity contribution < 1.29 is 4.42 Å². The largest absolute Gasteiger partial charge is 0.455 e. The predicted octanol–water partition coefficient (Wildman–Crippen LogP) is 11.1. The topological polar surface area (TPSA) is 16.4 Å². The normalized spacial score (nSPS) is 14.9. The Kier molecular flexibility index (Phi) is 5.83. The quantitative estimate of drug-likeness (QED) is 0.188. The monoisotopic (exact) mass is 599 g/mol. The fraction of sp³-hybridized carbons (Fsp3) is 0.0455. The molecule has 0 radical (unpaired) electrons. The number of fused-ring (bicyclic) bond motifs is 7. The molecular formula is C44H30BNO. The first-order chi connectivity index (χ1) is 23.3. The molecule has 0 fully saturated rings. The zero-order valence-corrected chi connectivity index (χ0v) is 25.8. The third-order valence-electron chi connectivity index (χ3n) is 10.4. The van der Waals surface area contributed by atoms with Crippen LogP contribution in [0.5, 0.6) is 0 Å². The number of hydrogen-bond acceptors (Lipinski definition) is 2. The minimum absolute atomic E-state index is 0.167. The molecule has 0 saturated heterocycles. The van der Waals surface area contributed by atoms with E-state index in [0.29, 0.717) is 0 Å². The molecule has 2 aliphatic heterocycles. The van der Waals surface area contributed by atoms with Gasteiger partial charge in [-0.25, -0.2) is 0 Å². The summed E-state index contributed by atoms with van der Waals surface area (Å²) in [6.07, 6.45) is 0.961. The molecule has 3 heteroatoms. The van der Waals surface area contributed by atoms with Crippen molar-refractivity contribution in [3.63, 3.8) is 0 Å². The lowest BCUT2D eigenvalue weighted by molar-refractivity contribution is 0.670. The van der Waals surface area contributed by atoms with Gasteiger partial charge in [-0.3, -0.25) is 0 Å². The van der Waals surface area contributed by atoms with Crippen LogP contribution in [0.3, 0.4) is 0 Å². The number of rotatable bonds is 3. The maximum absolute atomic E-state index is 6.41. The summed E-state index contributed by atoms with van der Waals surface area (Å²) in [7, 11) is 0. The Morgan fingerprint density at radius 2 is 1.15 bits per heavy atom. The summed E-state index contributed by atoms with van der Waals surface area (Å²) in [6, 6.07) is 59.9. The van der Waals surface area contributed by atoms with Crippen LogP contribution in [0.2, 0.25) is 6.32 Å². The first-order valence-corrected chi connectivity index (χ1v) is 16.5. The summed E-state index contributed by atoms with van der Waals surface area (Å²) in [5, 5.41) is 2.32. The van der Waals surface area contributed by atoms with Crippen LogP contribution in [-0.4, -0.2) is 6.85 Å². The van der Waals surface area contributed by atoms with Crippen molar-refractivity contribution in [1.82, 2.24) is 0 Å². The highest BCUT2D eigenvalue weighted by atomic mass is 16.3. The molecule has 0 aliphatic carbocycles. The van der Waals surface area contributed by atoms with E-state index < -0.39 is 0 Å². The Morgan fingerprint density at radius 3 is 2.02 bits per heavy atom. The van der Waals surface area contributed by atoms with Gasteiger partial charge in [0.15, 0.2) is 0 Å². The summed E-state index contributed by atoms with van der Waals surface area (Å²) >= 11 is 0. The Balaban J connectivity index is 1.14. The lowest BCUT2D eigenvalue weighted by Crippen LogP contribution is -2.50. The van der Waals surface area contributed by atoms with Gasteiger partial charge in [-0.15, -0.1) is 0 Å². The summed E-state index contributed by atoms with van der Waals surface area (Å²) in [6.45, 7) is 0.167. The van der Waals surface area contributed by atoms with Crippen molar-refractivity contribution in [3.8, 4) is 33.4 Å². The van der Waals surface area contributed by atoms with Crippen LogP contribution < -0.4 is 10.3 Å². The number of hydrogen-bond donors (Lipinski definition) is 0. The van der Waals surface area contributed by atoms with Gasteiger partial charge < -0.3 is 9.23 Å². The van der Waals surface area contributed by atoms with Gasteiger partial charge in [-0.05, 0) is 69.4 Å². The maximum atomic E-state index is 6.41. The third-order valence-corrected chi connectivity index (χ3v) is 10.4. The average Bonchev–Trinajstić information content (AvgIpc) is 3.46. The van der Waals surface area contributed by atoms with E-state index >= 15 is 0 Å². The van der Waals surface area contributed by atoms with Crippen molar-refractivity contribution in [2.24, 2.45) is 0 Å². The highest BCUT2D eigenvalue weighted by molar-refractivity contribution is 6.82. The van der Waals surface area contributed by atoms with Crippen LogP contribution in [0, 0.1) is 0 Å². The molecule has 10 rings (SSSR count). The van der Waals surface area contributed by atoms with Crippen LogP contribution in [0.25, 0.3) is 55.3 Å². The van der Waals surface area contributed by atoms with Gasteiger partial charge in [0, 0.05) is 39.2 Å². The molecule has 7 aromatic carbocycles. The minimum Gasteiger partial charge on any atom is -0.455 e. The molecule has 8 aromatic rings. The second-order valence-corrected chi connectivity index (χ2v) is 12.8. The summed E-state index contributed by atoms with van der Waals surface area (Å²) in [4.78, 5) is 2.59. The lowest BCUT2D eigenvalue weighted by atomic mass is 9.45. The van der Waals surface area contributed by atoms with E-state index in [1.165, 1.54) is 55.8 Å². The summed E-state index contributed by atoms with van der Waals surface area (Å²) < 4.78 is 6.41. The van der Waals surface area contributed by atoms with Crippen molar-refractivity contribution in [1.29, 1.82) is 0 Å². The molecule has 0 spiro atoms. The highest BCUT2D eigenvalue weighted by Crippen LogP contribution is 2.48. The van der Waals surface area contributed by atoms with Gasteiger partial charge in [0.25, 0.3) is 6.85 Å². The Morgan fingerprint density at radius 1 is 0.511 bits per heavy atom. The van der Waals surface area contributed by atoms with Crippen LogP contribution in [0.1, 0.15) is 17.0 Å². The highest BCUT2D eigenvalue weighted by Gasteiger charge is 2.42. The Bertz CT molecular complexity index is 2460. The van der Waals surface area contributed by atoms with E-state index in [0.717, 1.165) is 33.8 Å². The molecular weight excluding hydrogens is 569 g/mol. The van der Waals surface area contributed by atoms with Gasteiger partial charge >= 0.3 is 0 Å². The van der Waals surface area contributed by atoms with Gasteiger partial charge in [0.1, 0.15) is 11.2 Å². The predicted molar refractivity (Wildman–Crippen MR) is 197 cm³/mol. The number of nitrogens with zero attached hydrogens (tertiary/aromatic N) is 1. The van der Waals surface area contributed by atoms with E-state index in [1.54, 1.807) is 0 Å². The third kappa shape index (κ3) is 3.99. The molecule has 0 amide bonds. The van der Waals surface area contributed by atoms with Crippen LogP contribution >= 0.6 is 0 Å². The smallest absolute Gasteiger partial charge is 0.296 e. The molecule has 1 atom stereocenters. The fourth-order valence-corrected chi connectivity index (χ4v) is 8.31. The van der Waals surface area contributed by atoms with Crippen molar-refractivity contribution in [3.05, 3.63) is 175 Å². The van der Waals surface area contributed by atoms with Gasteiger partial charge in [0.2, 0.25) is 0 Å². The molecule has 1 unspecified atom stereocenters. The molecule has 1 aromatic heterocycles. The van der Waals surface area contributed by atoms with E-state index in [4.69, 9.17) is 4.42 Å². The maximum Gasteiger partial charge on any atom is 0.296 e.